The van der Waals surface area contributed by atoms with Crippen molar-refractivity contribution in [2.24, 2.45) is 0 Å². The van der Waals surface area contributed by atoms with Crippen molar-refractivity contribution in [2.75, 3.05) is 6.54 Å². The van der Waals surface area contributed by atoms with Crippen LogP contribution in [0.2, 0.25) is 4.34 Å². The van der Waals surface area contributed by atoms with Gasteiger partial charge in [0, 0.05) is 17.3 Å². The van der Waals surface area contributed by atoms with Gasteiger partial charge in [-0.1, -0.05) is 25.4 Å². The molecule has 0 spiro atoms. The SMILES string of the molecule is CCCNC(c1ccc(Cl)s1)c1ccncc1CC. The van der Waals surface area contributed by atoms with E-state index in [-0.39, 0.29) is 6.04 Å². The molecule has 0 saturated carbocycles. The predicted molar refractivity (Wildman–Crippen MR) is 83.1 cm³/mol. The maximum atomic E-state index is 6.08. The Morgan fingerprint density at radius 3 is 2.79 bits per heavy atom. The number of hydrogen-bond donors (Lipinski definition) is 1. The van der Waals surface area contributed by atoms with Crippen molar-refractivity contribution in [3.8, 4) is 0 Å². The molecule has 0 fully saturated rings. The molecule has 1 N–H and O–H groups in total. The predicted octanol–water partition coefficient (Wildman–Crippen LogP) is 4.45. The molecule has 1 unspecified atom stereocenters. The molecule has 0 aliphatic carbocycles. The first-order valence-electron chi connectivity index (χ1n) is 6.67. The molecular formula is C15H19ClN2S. The highest BCUT2D eigenvalue weighted by molar-refractivity contribution is 7.16. The van der Waals surface area contributed by atoms with Crippen LogP contribution in [0.25, 0.3) is 0 Å². The van der Waals surface area contributed by atoms with E-state index in [9.17, 15) is 0 Å². The Hall–Kier alpha value is -0.900. The summed E-state index contributed by atoms with van der Waals surface area (Å²) in [6, 6.07) is 6.41. The van der Waals surface area contributed by atoms with Crippen LogP contribution in [0.5, 0.6) is 0 Å². The van der Waals surface area contributed by atoms with Crippen LogP contribution in [0.3, 0.4) is 0 Å². The summed E-state index contributed by atoms with van der Waals surface area (Å²) >= 11 is 7.72. The molecule has 0 aliphatic heterocycles. The van der Waals surface area contributed by atoms with Crippen molar-refractivity contribution in [3.63, 3.8) is 0 Å². The van der Waals surface area contributed by atoms with Crippen molar-refractivity contribution in [2.45, 2.75) is 32.7 Å². The highest BCUT2D eigenvalue weighted by Crippen LogP contribution is 2.32. The van der Waals surface area contributed by atoms with E-state index in [1.807, 2.05) is 18.5 Å². The first-order chi connectivity index (χ1) is 9.26. The number of aromatic nitrogens is 1. The van der Waals surface area contributed by atoms with Crippen LogP contribution in [-0.2, 0) is 6.42 Å². The van der Waals surface area contributed by atoms with E-state index in [1.165, 1.54) is 16.0 Å². The molecule has 2 rings (SSSR count). The first kappa shape index (κ1) is 14.5. The third-order valence-electron chi connectivity index (χ3n) is 3.11. The summed E-state index contributed by atoms with van der Waals surface area (Å²) in [7, 11) is 0. The van der Waals surface area contributed by atoms with E-state index >= 15 is 0 Å². The molecule has 102 valence electrons. The highest BCUT2D eigenvalue weighted by Gasteiger charge is 2.18. The van der Waals surface area contributed by atoms with Gasteiger partial charge < -0.3 is 5.32 Å². The molecule has 2 aromatic heterocycles. The number of nitrogens with zero attached hydrogens (tertiary/aromatic N) is 1. The second-order valence-electron chi connectivity index (χ2n) is 4.46. The lowest BCUT2D eigenvalue weighted by atomic mass is 9.99. The summed E-state index contributed by atoms with van der Waals surface area (Å²) in [6.45, 7) is 5.34. The molecule has 0 radical (unpaired) electrons. The third kappa shape index (κ3) is 3.56. The largest absolute Gasteiger partial charge is 0.306 e. The summed E-state index contributed by atoms with van der Waals surface area (Å²) in [5, 5.41) is 3.61. The molecule has 2 heterocycles. The van der Waals surface area contributed by atoms with Gasteiger partial charge in [0.15, 0.2) is 0 Å². The summed E-state index contributed by atoms with van der Waals surface area (Å²) in [6.07, 6.45) is 5.93. The molecule has 1 atom stereocenters. The third-order valence-corrected chi connectivity index (χ3v) is 4.41. The minimum Gasteiger partial charge on any atom is -0.306 e. The topological polar surface area (TPSA) is 24.9 Å². The molecule has 2 aromatic rings. The molecule has 0 aromatic carbocycles. The summed E-state index contributed by atoms with van der Waals surface area (Å²) in [5.41, 5.74) is 2.60. The fraction of sp³-hybridized carbons (Fsp3) is 0.400. The Balaban J connectivity index is 2.36. The van der Waals surface area contributed by atoms with Gasteiger partial charge in [-0.15, -0.1) is 11.3 Å². The van der Waals surface area contributed by atoms with E-state index in [4.69, 9.17) is 11.6 Å². The molecule has 0 saturated heterocycles. The summed E-state index contributed by atoms with van der Waals surface area (Å²) in [4.78, 5) is 5.49. The molecule has 0 aliphatic rings. The van der Waals surface area contributed by atoms with Crippen LogP contribution in [0.1, 0.15) is 42.3 Å². The van der Waals surface area contributed by atoms with Crippen LogP contribution in [0, 0.1) is 0 Å². The van der Waals surface area contributed by atoms with E-state index in [0.29, 0.717) is 0 Å². The van der Waals surface area contributed by atoms with Gasteiger partial charge in [-0.25, -0.2) is 0 Å². The van der Waals surface area contributed by atoms with E-state index < -0.39 is 0 Å². The number of hydrogen-bond acceptors (Lipinski definition) is 3. The number of nitrogens with one attached hydrogen (secondary N) is 1. The second kappa shape index (κ2) is 7.04. The van der Waals surface area contributed by atoms with Gasteiger partial charge in [-0.05, 0) is 48.7 Å². The molecule has 19 heavy (non-hydrogen) atoms. The van der Waals surface area contributed by atoms with Gasteiger partial charge in [-0.2, -0.15) is 0 Å². The van der Waals surface area contributed by atoms with Crippen LogP contribution >= 0.6 is 22.9 Å². The lowest BCUT2D eigenvalue weighted by Gasteiger charge is -2.20. The van der Waals surface area contributed by atoms with Crippen LogP contribution < -0.4 is 5.32 Å². The number of halogens is 1. The summed E-state index contributed by atoms with van der Waals surface area (Å²) in [5.74, 6) is 0. The van der Waals surface area contributed by atoms with Gasteiger partial charge in [0.05, 0.1) is 10.4 Å². The lowest BCUT2D eigenvalue weighted by molar-refractivity contribution is 0.601. The zero-order valence-electron chi connectivity index (χ0n) is 11.3. The van der Waals surface area contributed by atoms with Crippen LogP contribution in [-0.4, -0.2) is 11.5 Å². The minimum atomic E-state index is 0.218. The van der Waals surface area contributed by atoms with Gasteiger partial charge in [0.25, 0.3) is 0 Å². The zero-order chi connectivity index (χ0) is 13.7. The van der Waals surface area contributed by atoms with Gasteiger partial charge in [0.1, 0.15) is 0 Å². The minimum absolute atomic E-state index is 0.218. The molecular weight excluding hydrogens is 276 g/mol. The molecule has 0 amide bonds. The van der Waals surface area contributed by atoms with Crippen molar-refractivity contribution in [1.29, 1.82) is 0 Å². The van der Waals surface area contributed by atoms with Crippen molar-refractivity contribution in [3.05, 3.63) is 50.9 Å². The number of aryl methyl sites for hydroxylation is 1. The Morgan fingerprint density at radius 2 is 2.16 bits per heavy atom. The molecule has 0 bridgehead atoms. The van der Waals surface area contributed by atoms with Crippen LogP contribution in [0.4, 0.5) is 0 Å². The van der Waals surface area contributed by atoms with E-state index in [1.54, 1.807) is 11.3 Å². The van der Waals surface area contributed by atoms with Crippen molar-refractivity contribution < 1.29 is 0 Å². The van der Waals surface area contributed by atoms with Gasteiger partial charge in [-0.3, -0.25) is 4.98 Å². The number of rotatable bonds is 6. The zero-order valence-corrected chi connectivity index (χ0v) is 12.9. The fourth-order valence-electron chi connectivity index (χ4n) is 2.15. The monoisotopic (exact) mass is 294 g/mol. The number of thiophene rings is 1. The normalized spacial score (nSPS) is 12.6. The standard InChI is InChI=1S/C15H19ClN2S/c1-3-8-18-15(13-5-6-14(16)19-13)12-7-9-17-10-11(12)4-2/h5-7,9-10,15,18H,3-4,8H2,1-2H3. The lowest BCUT2D eigenvalue weighted by Crippen LogP contribution is -2.23. The van der Waals surface area contributed by atoms with E-state index in [0.717, 1.165) is 23.7 Å². The Kier molecular flexibility index (Phi) is 5.37. The van der Waals surface area contributed by atoms with Gasteiger partial charge in [0.2, 0.25) is 0 Å². The Morgan fingerprint density at radius 1 is 1.32 bits per heavy atom. The van der Waals surface area contributed by atoms with Crippen molar-refractivity contribution >= 4 is 22.9 Å². The maximum absolute atomic E-state index is 6.08. The quantitative estimate of drug-likeness (QED) is 0.851. The smallest absolute Gasteiger partial charge is 0.0931 e. The summed E-state index contributed by atoms with van der Waals surface area (Å²) < 4.78 is 0.838. The molecule has 2 nitrogen and oxygen atoms in total. The van der Waals surface area contributed by atoms with Gasteiger partial charge >= 0.3 is 0 Å². The number of pyridine rings is 1. The van der Waals surface area contributed by atoms with E-state index in [2.05, 4.69) is 36.3 Å². The maximum Gasteiger partial charge on any atom is 0.0931 e. The Labute approximate surface area is 123 Å². The highest BCUT2D eigenvalue weighted by atomic mass is 35.5. The van der Waals surface area contributed by atoms with Crippen molar-refractivity contribution in [1.82, 2.24) is 10.3 Å². The average molecular weight is 295 g/mol. The van der Waals surface area contributed by atoms with Crippen LogP contribution in [0.15, 0.2) is 30.6 Å². The first-order valence-corrected chi connectivity index (χ1v) is 7.87. The Bertz CT molecular complexity index is 524. The second-order valence-corrected chi connectivity index (χ2v) is 6.20. The molecule has 4 heteroatoms. The average Bonchev–Trinajstić information content (AvgIpc) is 2.86. The fourth-order valence-corrected chi connectivity index (χ4v) is 3.31.